The number of benzene rings is 1. The van der Waals surface area contributed by atoms with Gasteiger partial charge in [0.05, 0.1) is 42.7 Å². The standard InChI is InChI=1S/C34H57N3O6/c1-11-23(4)31(36(7)29(38)20-22(2)3)28(41-8)21-30(39)37-19-15-18-27(37)32(42-9)24(5)34(40)35-25(6)33(43-10)26-16-13-12-14-17-26/h12-14,16-17,22-25,27-28,31-33H,11,15,18-21H2,1-10H3,(H,35,40)/t23-,24+,25+,27-,28+,31-,32+,33+/m0/s1. The minimum atomic E-state index is -0.495. The van der Waals surface area contributed by atoms with Crippen molar-refractivity contribution >= 4 is 17.7 Å². The molecule has 0 radical (unpaired) electrons. The number of nitrogens with zero attached hydrogens (tertiary/aromatic N) is 2. The molecule has 1 saturated heterocycles. The highest BCUT2D eigenvalue weighted by atomic mass is 16.5. The Bertz CT molecular complexity index is 1010. The summed E-state index contributed by atoms with van der Waals surface area (Å²) in [4.78, 5) is 44.0. The number of methoxy groups -OCH3 is 3. The van der Waals surface area contributed by atoms with E-state index in [4.69, 9.17) is 14.2 Å². The zero-order valence-electron chi connectivity index (χ0n) is 28.2. The number of carbonyl (C=O) groups excluding carboxylic acids is 3. The summed E-state index contributed by atoms with van der Waals surface area (Å²) in [5, 5.41) is 3.12. The van der Waals surface area contributed by atoms with Crippen LogP contribution in [0.3, 0.4) is 0 Å². The molecular weight excluding hydrogens is 546 g/mol. The lowest BCUT2D eigenvalue weighted by Crippen LogP contribution is -2.53. The Labute approximate surface area is 260 Å². The molecule has 1 aliphatic heterocycles. The van der Waals surface area contributed by atoms with E-state index in [1.807, 2.05) is 70.0 Å². The maximum Gasteiger partial charge on any atom is 0.225 e. The van der Waals surface area contributed by atoms with Gasteiger partial charge in [0.25, 0.3) is 0 Å². The normalized spacial score (nSPS) is 20.2. The quantitative estimate of drug-likeness (QED) is 0.274. The number of rotatable bonds is 17. The molecule has 3 amide bonds. The molecule has 43 heavy (non-hydrogen) atoms. The molecule has 1 aromatic rings. The fraction of sp³-hybridized carbons (Fsp3) is 0.735. The Morgan fingerprint density at radius 1 is 0.977 bits per heavy atom. The summed E-state index contributed by atoms with van der Waals surface area (Å²) in [5.74, 6) is -0.229. The van der Waals surface area contributed by atoms with Gasteiger partial charge in [-0.15, -0.1) is 0 Å². The summed E-state index contributed by atoms with van der Waals surface area (Å²) in [6.45, 7) is 12.6. The lowest BCUT2D eigenvalue weighted by atomic mass is 9.90. The van der Waals surface area contributed by atoms with Gasteiger partial charge in [-0.2, -0.15) is 0 Å². The third-order valence-corrected chi connectivity index (χ3v) is 9.09. The van der Waals surface area contributed by atoms with Gasteiger partial charge in [-0.05, 0) is 37.2 Å². The van der Waals surface area contributed by atoms with Gasteiger partial charge in [0.2, 0.25) is 17.7 Å². The van der Waals surface area contributed by atoms with Crippen LogP contribution in [0.15, 0.2) is 30.3 Å². The minimum absolute atomic E-state index is 0.0427. The van der Waals surface area contributed by atoms with E-state index >= 15 is 0 Å². The van der Waals surface area contributed by atoms with Gasteiger partial charge in [-0.1, -0.05) is 71.4 Å². The van der Waals surface area contributed by atoms with Crippen molar-refractivity contribution in [3.63, 3.8) is 0 Å². The largest absolute Gasteiger partial charge is 0.379 e. The van der Waals surface area contributed by atoms with Gasteiger partial charge in [-0.3, -0.25) is 14.4 Å². The number of carbonyl (C=O) groups is 3. The molecule has 0 unspecified atom stereocenters. The molecule has 0 aromatic heterocycles. The molecule has 1 aromatic carbocycles. The van der Waals surface area contributed by atoms with Crippen molar-refractivity contribution in [1.29, 1.82) is 0 Å². The van der Waals surface area contributed by atoms with Crippen LogP contribution >= 0.6 is 0 Å². The highest BCUT2D eigenvalue weighted by molar-refractivity contribution is 5.81. The third-order valence-electron chi connectivity index (χ3n) is 9.09. The highest BCUT2D eigenvalue weighted by Crippen LogP contribution is 2.30. The van der Waals surface area contributed by atoms with Crippen molar-refractivity contribution in [1.82, 2.24) is 15.1 Å². The molecule has 9 nitrogen and oxygen atoms in total. The second-order valence-electron chi connectivity index (χ2n) is 12.6. The lowest BCUT2D eigenvalue weighted by molar-refractivity contribution is -0.146. The van der Waals surface area contributed by atoms with E-state index < -0.39 is 18.1 Å². The molecule has 2 rings (SSSR count). The molecule has 0 saturated carbocycles. The molecule has 0 aliphatic carbocycles. The molecule has 1 heterocycles. The fourth-order valence-electron chi connectivity index (χ4n) is 6.52. The monoisotopic (exact) mass is 603 g/mol. The molecule has 1 N–H and O–H groups in total. The first-order valence-corrected chi connectivity index (χ1v) is 15.9. The SMILES string of the molecule is CC[C@H](C)[C@@H]([C@@H](CC(=O)N1CCC[C@H]1[C@H](OC)[C@@H](C)C(=O)N[C@H](C)[C@@H](OC)c1ccccc1)OC)N(C)C(=O)CC(C)C. The van der Waals surface area contributed by atoms with Crippen LogP contribution in [0.1, 0.15) is 85.3 Å². The van der Waals surface area contributed by atoms with E-state index in [2.05, 4.69) is 19.2 Å². The Balaban J connectivity index is 2.17. The van der Waals surface area contributed by atoms with Crippen molar-refractivity contribution < 1.29 is 28.6 Å². The molecular formula is C34H57N3O6. The summed E-state index contributed by atoms with van der Waals surface area (Å²) >= 11 is 0. The number of amides is 3. The number of likely N-dealkylation sites (N-methyl/N-ethyl adjacent to an activating group) is 1. The second kappa shape index (κ2) is 17.7. The molecule has 0 bridgehead atoms. The minimum Gasteiger partial charge on any atom is -0.379 e. The number of nitrogens with one attached hydrogen (secondary N) is 1. The van der Waals surface area contributed by atoms with Crippen molar-refractivity contribution in [2.75, 3.05) is 34.9 Å². The molecule has 244 valence electrons. The van der Waals surface area contributed by atoms with E-state index in [1.165, 1.54) is 0 Å². The Morgan fingerprint density at radius 2 is 1.63 bits per heavy atom. The Morgan fingerprint density at radius 3 is 2.16 bits per heavy atom. The van der Waals surface area contributed by atoms with Gasteiger partial charge in [0, 0.05) is 41.3 Å². The van der Waals surface area contributed by atoms with Crippen LogP contribution in [0.4, 0.5) is 0 Å². The van der Waals surface area contributed by atoms with Gasteiger partial charge < -0.3 is 29.3 Å². The lowest BCUT2D eigenvalue weighted by Gasteiger charge is -2.39. The summed E-state index contributed by atoms with van der Waals surface area (Å²) in [6.07, 6.45) is 1.83. The number of likely N-dealkylation sites (tertiary alicyclic amines) is 1. The van der Waals surface area contributed by atoms with Crippen LogP contribution < -0.4 is 5.32 Å². The maximum absolute atomic E-state index is 13.9. The second-order valence-corrected chi connectivity index (χ2v) is 12.6. The smallest absolute Gasteiger partial charge is 0.225 e. The zero-order chi connectivity index (χ0) is 32.3. The average Bonchev–Trinajstić information content (AvgIpc) is 3.47. The number of ether oxygens (including phenoxy) is 3. The molecule has 1 aliphatic rings. The predicted molar refractivity (Wildman–Crippen MR) is 169 cm³/mol. The average molecular weight is 604 g/mol. The predicted octanol–water partition coefficient (Wildman–Crippen LogP) is 4.85. The number of hydrogen-bond donors (Lipinski definition) is 1. The van der Waals surface area contributed by atoms with Crippen molar-refractivity contribution in [2.24, 2.45) is 17.8 Å². The maximum atomic E-state index is 13.9. The van der Waals surface area contributed by atoms with Crippen LogP contribution in [0.2, 0.25) is 0 Å². The summed E-state index contributed by atoms with van der Waals surface area (Å²) in [5.41, 5.74) is 0.987. The highest BCUT2D eigenvalue weighted by Gasteiger charge is 2.42. The van der Waals surface area contributed by atoms with Crippen molar-refractivity contribution in [3.8, 4) is 0 Å². The summed E-state index contributed by atoms with van der Waals surface area (Å²) < 4.78 is 17.6. The van der Waals surface area contributed by atoms with Crippen LogP contribution in [0, 0.1) is 17.8 Å². The summed E-state index contributed by atoms with van der Waals surface area (Å²) in [6, 6.07) is 9.09. The van der Waals surface area contributed by atoms with Crippen LogP contribution in [0.5, 0.6) is 0 Å². The van der Waals surface area contributed by atoms with E-state index in [9.17, 15) is 14.4 Å². The zero-order valence-corrected chi connectivity index (χ0v) is 28.2. The van der Waals surface area contributed by atoms with Crippen molar-refractivity contribution in [3.05, 3.63) is 35.9 Å². The third kappa shape index (κ3) is 9.75. The van der Waals surface area contributed by atoms with Crippen molar-refractivity contribution in [2.45, 2.75) is 110 Å². The fourth-order valence-corrected chi connectivity index (χ4v) is 6.52. The first kappa shape index (κ1) is 36.7. The van der Waals surface area contributed by atoms with Crippen LogP contribution in [0.25, 0.3) is 0 Å². The van der Waals surface area contributed by atoms with Gasteiger partial charge in [0.15, 0.2) is 0 Å². The Kier molecular flexibility index (Phi) is 15.1. The number of hydrogen-bond acceptors (Lipinski definition) is 6. The topological polar surface area (TPSA) is 97.4 Å². The molecule has 1 fully saturated rings. The molecule has 8 atom stereocenters. The molecule has 0 spiro atoms. The van der Waals surface area contributed by atoms with E-state index in [-0.39, 0.29) is 60.2 Å². The molecule has 9 heteroatoms. The summed E-state index contributed by atoms with van der Waals surface area (Å²) in [7, 11) is 6.68. The van der Waals surface area contributed by atoms with Gasteiger partial charge >= 0.3 is 0 Å². The van der Waals surface area contributed by atoms with E-state index in [0.717, 1.165) is 24.8 Å². The van der Waals surface area contributed by atoms with E-state index in [0.29, 0.717) is 13.0 Å². The first-order valence-electron chi connectivity index (χ1n) is 15.9. The van der Waals surface area contributed by atoms with Gasteiger partial charge in [0.1, 0.15) is 6.10 Å². The van der Waals surface area contributed by atoms with Crippen LogP contribution in [-0.2, 0) is 28.6 Å². The van der Waals surface area contributed by atoms with Gasteiger partial charge in [-0.25, -0.2) is 0 Å². The Hall–Kier alpha value is -2.49. The first-order chi connectivity index (χ1) is 20.4. The van der Waals surface area contributed by atoms with Crippen LogP contribution in [-0.4, -0.2) is 92.8 Å². The van der Waals surface area contributed by atoms with E-state index in [1.54, 1.807) is 26.2 Å².